The minimum atomic E-state index is -0.847. The molecular weight excluding hydrogens is 344 g/mol. The van der Waals surface area contributed by atoms with Crippen LogP contribution in [0.1, 0.15) is 42.5 Å². The first kappa shape index (κ1) is 20.6. The molecule has 1 unspecified atom stereocenters. The van der Waals surface area contributed by atoms with Gasteiger partial charge in [-0.1, -0.05) is 13.8 Å². The fourth-order valence-corrected chi connectivity index (χ4v) is 2.82. The van der Waals surface area contributed by atoms with Crippen molar-refractivity contribution in [1.82, 2.24) is 9.88 Å². The highest BCUT2D eigenvalue weighted by Crippen LogP contribution is 2.23. The second kappa shape index (κ2) is 8.75. The van der Waals surface area contributed by atoms with Gasteiger partial charge < -0.3 is 19.4 Å². The number of hydrogen-bond acceptors (Lipinski definition) is 4. The van der Waals surface area contributed by atoms with E-state index in [1.54, 1.807) is 20.1 Å². The van der Waals surface area contributed by atoms with Gasteiger partial charge in [0, 0.05) is 23.6 Å². The Bertz CT molecular complexity index is 806. The number of methoxy groups -OCH3 is 1. The van der Waals surface area contributed by atoms with Gasteiger partial charge in [0.25, 0.3) is 5.91 Å². The lowest BCUT2D eigenvalue weighted by molar-refractivity contribution is -0.129. The Morgan fingerprint density at radius 3 is 2.30 bits per heavy atom. The first-order chi connectivity index (χ1) is 12.7. The van der Waals surface area contributed by atoms with Gasteiger partial charge in [0.05, 0.1) is 12.7 Å². The number of esters is 1. The van der Waals surface area contributed by atoms with E-state index in [1.165, 1.54) is 0 Å². The Hall–Kier alpha value is -2.76. The minimum absolute atomic E-state index is 0.291. The van der Waals surface area contributed by atoms with Gasteiger partial charge in [0.15, 0.2) is 6.10 Å². The van der Waals surface area contributed by atoms with Crippen LogP contribution >= 0.6 is 0 Å². The van der Waals surface area contributed by atoms with Crippen molar-refractivity contribution in [3.05, 3.63) is 47.3 Å². The van der Waals surface area contributed by atoms with Crippen LogP contribution in [0.5, 0.6) is 5.75 Å². The van der Waals surface area contributed by atoms with Crippen LogP contribution in [0.15, 0.2) is 30.3 Å². The summed E-state index contributed by atoms with van der Waals surface area (Å²) in [7, 11) is 1.62. The Labute approximate surface area is 160 Å². The highest BCUT2D eigenvalue weighted by molar-refractivity contribution is 5.93. The molecule has 0 aliphatic carbocycles. The molecule has 2 rings (SSSR count). The minimum Gasteiger partial charge on any atom is -0.497 e. The molecule has 0 radical (unpaired) electrons. The third-order valence-electron chi connectivity index (χ3n) is 4.32. The number of rotatable bonds is 7. The number of nitrogens with zero attached hydrogens (tertiary/aromatic N) is 1. The maximum atomic E-state index is 12.6. The topological polar surface area (TPSA) is 69.6 Å². The van der Waals surface area contributed by atoms with E-state index in [-0.39, 0.29) is 5.91 Å². The third-order valence-corrected chi connectivity index (χ3v) is 4.32. The molecule has 1 N–H and O–H groups in total. The monoisotopic (exact) mass is 372 g/mol. The van der Waals surface area contributed by atoms with Gasteiger partial charge in [0.1, 0.15) is 5.75 Å². The molecule has 6 heteroatoms. The van der Waals surface area contributed by atoms with E-state index in [9.17, 15) is 9.59 Å². The van der Waals surface area contributed by atoms with Crippen molar-refractivity contribution in [2.24, 2.45) is 5.92 Å². The molecule has 1 heterocycles. The van der Waals surface area contributed by atoms with Crippen molar-refractivity contribution in [2.45, 2.75) is 40.7 Å². The second-order valence-electron chi connectivity index (χ2n) is 7.00. The standard InChI is InChI=1S/C21H28N2O4/c1-13(2)12-22-20(24)16(5)27-21(25)19-11-14(3)23(15(19)4)17-7-9-18(26-6)10-8-17/h7-11,13,16H,12H2,1-6H3,(H,22,24). The quantitative estimate of drug-likeness (QED) is 0.756. The first-order valence-electron chi connectivity index (χ1n) is 9.06. The molecule has 0 fully saturated rings. The Morgan fingerprint density at radius 2 is 1.74 bits per heavy atom. The molecule has 0 saturated carbocycles. The van der Waals surface area contributed by atoms with E-state index in [0.29, 0.717) is 18.0 Å². The van der Waals surface area contributed by atoms with E-state index in [4.69, 9.17) is 9.47 Å². The number of hydrogen-bond donors (Lipinski definition) is 1. The summed E-state index contributed by atoms with van der Waals surface area (Å²) in [6, 6.07) is 9.37. The molecule has 1 aromatic carbocycles. The highest BCUT2D eigenvalue weighted by Gasteiger charge is 2.23. The fourth-order valence-electron chi connectivity index (χ4n) is 2.82. The van der Waals surface area contributed by atoms with Gasteiger partial charge in [0.2, 0.25) is 0 Å². The average Bonchev–Trinajstić information content (AvgIpc) is 2.94. The second-order valence-corrected chi connectivity index (χ2v) is 7.00. The highest BCUT2D eigenvalue weighted by atomic mass is 16.5. The van der Waals surface area contributed by atoms with E-state index < -0.39 is 12.1 Å². The van der Waals surface area contributed by atoms with E-state index >= 15 is 0 Å². The summed E-state index contributed by atoms with van der Waals surface area (Å²) in [5.74, 6) is 0.304. The average molecular weight is 372 g/mol. The van der Waals surface area contributed by atoms with Gasteiger partial charge in [-0.15, -0.1) is 0 Å². The van der Waals surface area contributed by atoms with Gasteiger partial charge in [-0.05, 0) is 57.0 Å². The van der Waals surface area contributed by atoms with Crippen LogP contribution in [0.25, 0.3) is 5.69 Å². The molecular formula is C21H28N2O4. The normalized spacial score (nSPS) is 12.0. The van der Waals surface area contributed by atoms with Crippen LogP contribution in [-0.2, 0) is 9.53 Å². The Kier molecular flexibility index (Phi) is 6.66. The summed E-state index contributed by atoms with van der Waals surface area (Å²) in [6.45, 7) is 9.92. The molecule has 1 atom stereocenters. The number of carbonyl (C=O) groups excluding carboxylic acids is 2. The fraction of sp³-hybridized carbons (Fsp3) is 0.429. The summed E-state index contributed by atoms with van der Waals surface area (Å²) in [5.41, 5.74) is 3.04. The Balaban J connectivity index is 2.16. The van der Waals surface area contributed by atoms with Crippen molar-refractivity contribution in [3.8, 4) is 11.4 Å². The van der Waals surface area contributed by atoms with Crippen molar-refractivity contribution < 1.29 is 19.1 Å². The summed E-state index contributed by atoms with van der Waals surface area (Å²) in [4.78, 5) is 24.6. The summed E-state index contributed by atoms with van der Waals surface area (Å²) >= 11 is 0. The van der Waals surface area contributed by atoms with Gasteiger partial charge in [-0.3, -0.25) is 4.79 Å². The molecule has 0 bridgehead atoms. The first-order valence-corrected chi connectivity index (χ1v) is 9.06. The summed E-state index contributed by atoms with van der Waals surface area (Å²) in [5, 5.41) is 2.77. The van der Waals surface area contributed by atoms with Crippen LogP contribution in [0.4, 0.5) is 0 Å². The molecule has 0 aliphatic heterocycles. The van der Waals surface area contributed by atoms with Crippen LogP contribution in [0.3, 0.4) is 0 Å². The molecule has 146 valence electrons. The van der Waals surface area contributed by atoms with Crippen LogP contribution in [0, 0.1) is 19.8 Å². The largest absolute Gasteiger partial charge is 0.497 e. The number of aryl methyl sites for hydroxylation is 1. The van der Waals surface area contributed by atoms with Gasteiger partial charge in [-0.2, -0.15) is 0 Å². The zero-order chi connectivity index (χ0) is 20.1. The summed E-state index contributed by atoms with van der Waals surface area (Å²) < 4.78 is 12.5. The molecule has 6 nitrogen and oxygen atoms in total. The number of benzene rings is 1. The predicted molar refractivity (Wildman–Crippen MR) is 105 cm³/mol. The molecule has 0 saturated heterocycles. The number of aromatic nitrogens is 1. The number of amides is 1. The number of carbonyl (C=O) groups is 2. The lowest BCUT2D eigenvalue weighted by atomic mass is 10.2. The zero-order valence-corrected chi connectivity index (χ0v) is 16.8. The van der Waals surface area contributed by atoms with E-state index in [1.807, 2.05) is 56.5 Å². The Morgan fingerprint density at radius 1 is 1.11 bits per heavy atom. The smallest absolute Gasteiger partial charge is 0.340 e. The molecule has 27 heavy (non-hydrogen) atoms. The van der Waals surface area contributed by atoms with Crippen LogP contribution in [0.2, 0.25) is 0 Å². The van der Waals surface area contributed by atoms with Gasteiger partial charge >= 0.3 is 5.97 Å². The molecule has 0 aliphatic rings. The van der Waals surface area contributed by atoms with E-state index in [2.05, 4.69) is 5.32 Å². The van der Waals surface area contributed by atoms with Crippen molar-refractivity contribution in [3.63, 3.8) is 0 Å². The summed E-state index contributed by atoms with van der Waals surface area (Å²) in [6.07, 6.45) is -0.847. The van der Waals surface area contributed by atoms with Crippen molar-refractivity contribution in [1.29, 1.82) is 0 Å². The molecule has 0 spiro atoms. The molecule has 2 aromatic rings. The predicted octanol–water partition coefficient (Wildman–Crippen LogP) is 3.42. The number of ether oxygens (including phenoxy) is 2. The van der Waals surface area contributed by atoms with Crippen molar-refractivity contribution >= 4 is 11.9 Å². The lowest BCUT2D eigenvalue weighted by Gasteiger charge is -2.15. The SMILES string of the molecule is COc1ccc(-n2c(C)cc(C(=O)OC(C)C(=O)NCC(C)C)c2C)cc1. The third kappa shape index (κ3) is 4.90. The maximum absolute atomic E-state index is 12.6. The molecule has 1 aromatic heterocycles. The van der Waals surface area contributed by atoms with Crippen molar-refractivity contribution in [2.75, 3.05) is 13.7 Å². The zero-order valence-electron chi connectivity index (χ0n) is 16.8. The lowest BCUT2D eigenvalue weighted by Crippen LogP contribution is -2.37. The maximum Gasteiger partial charge on any atom is 0.340 e. The van der Waals surface area contributed by atoms with Gasteiger partial charge in [-0.25, -0.2) is 4.79 Å². The van der Waals surface area contributed by atoms with Crippen LogP contribution in [-0.4, -0.2) is 36.2 Å². The molecule has 1 amide bonds. The van der Waals surface area contributed by atoms with E-state index in [0.717, 1.165) is 22.8 Å². The number of nitrogens with one attached hydrogen (secondary N) is 1. The van der Waals surface area contributed by atoms with Crippen LogP contribution < -0.4 is 10.1 Å².